The molecule has 0 saturated carbocycles. The molecule has 0 spiro atoms. The molecule has 2 atom stereocenters. The van der Waals surface area contributed by atoms with Gasteiger partial charge in [0.15, 0.2) is 0 Å². The van der Waals surface area contributed by atoms with E-state index in [0.717, 1.165) is 25.9 Å². The fourth-order valence-corrected chi connectivity index (χ4v) is 2.67. The first-order valence-corrected chi connectivity index (χ1v) is 8.01. The summed E-state index contributed by atoms with van der Waals surface area (Å²) in [5.41, 5.74) is 1.27. The third kappa shape index (κ3) is 5.00. The van der Waals surface area contributed by atoms with Crippen LogP contribution in [0.4, 0.5) is 4.79 Å². The standard InChI is InChI=1S/C17H27N3O2/c1-14(19(2)12-15-7-4-3-5-8-15)11-18-17(22)20-10-6-9-16(21)13-20/h3-5,7-8,14,16,21H,6,9-13H2,1-2H3,(H,18,22). The number of hydrogen-bond acceptors (Lipinski definition) is 3. The van der Waals surface area contributed by atoms with Gasteiger partial charge in [-0.05, 0) is 32.4 Å². The summed E-state index contributed by atoms with van der Waals surface area (Å²) in [5, 5.41) is 12.6. The maximum atomic E-state index is 12.1. The predicted octanol–water partition coefficient (Wildman–Crippen LogP) is 1.67. The van der Waals surface area contributed by atoms with Crippen molar-refractivity contribution in [1.29, 1.82) is 0 Å². The smallest absolute Gasteiger partial charge is 0.317 e. The second-order valence-corrected chi connectivity index (χ2v) is 6.18. The molecule has 2 rings (SSSR count). The Morgan fingerprint density at radius 3 is 2.86 bits per heavy atom. The zero-order valence-corrected chi connectivity index (χ0v) is 13.5. The number of hydrogen-bond donors (Lipinski definition) is 2. The summed E-state index contributed by atoms with van der Waals surface area (Å²) in [7, 11) is 2.06. The first kappa shape index (κ1) is 16.8. The lowest BCUT2D eigenvalue weighted by Crippen LogP contribution is -2.49. The number of nitrogens with one attached hydrogen (secondary N) is 1. The normalized spacial score (nSPS) is 20.0. The summed E-state index contributed by atoms with van der Waals surface area (Å²) in [6, 6.07) is 10.5. The van der Waals surface area contributed by atoms with E-state index in [2.05, 4.69) is 36.3 Å². The molecule has 1 aliphatic heterocycles. The highest BCUT2D eigenvalue weighted by molar-refractivity contribution is 5.74. The van der Waals surface area contributed by atoms with E-state index in [9.17, 15) is 9.90 Å². The Hall–Kier alpha value is -1.59. The van der Waals surface area contributed by atoms with E-state index in [-0.39, 0.29) is 18.2 Å². The number of likely N-dealkylation sites (N-methyl/N-ethyl adjacent to an activating group) is 1. The zero-order chi connectivity index (χ0) is 15.9. The van der Waals surface area contributed by atoms with Crippen LogP contribution in [-0.4, -0.2) is 59.8 Å². The summed E-state index contributed by atoms with van der Waals surface area (Å²) in [5.74, 6) is 0. The lowest BCUT2D eigenvalue weighted by atomic mass is 10.1. The number of benzene rings is 1. The highest BCUT2D eigenvalue weighted by atomic mass is 16.3. The molecule has 1 aliphatic rings. The van der Waals surface area contributed by atoms with E-state index in [0.29, 0.717) is 13.1 Å². The second-order valence-electron chi connectivity index (χ2n) is 6.18. The predicted molar refractivity (Wildman–Crippen MR) is 87.6 cm³/mol. The van der Waals surface area contributed by atoms with E-state index in [1.807, 2.05) is 18.2 Å². The van der Waals surface area contributed by atoms with Crippen LogP contribution in [0.15, 0.2) is 30.3 Å². The van der Waals surface area contributed by atoms with E-state index in [1.54, 1.807) is 4.90 Å². The number of rotatable bonds is 5. The number of carbonyl (C=O) groups is 1. The molecule has 22 heavy (non-hydrogen) atoms. The number of urea groups is 1. The van der Waals surface area contributed by atoms with Gasteiger partial charge < -0.3 is 15.3 Å². The maximum Gasteiger partial charge on any atom is 0.317 e. The minimum atomic E-state index is -0.377. The Morgan fingerprint density at radius 1 is 1.45 bits per heavy atom. The van der Waals surface area contributed by atoms with Crippen LogP contribution < -0.4 is 5.32 Å². The molecular formula is C17H27N3O2. The molecule has 1 aromatic rings. The molecule has 1 aromatic carbocycles. The van der Waals surface area contributed by atoms with Crippen molar-refractivity contribution in [2.45, 2.75) is 38.5 Å². The van der Waals surface area contributed by atoms with Gasteiger partial charge in [0, 0.05) is 32.2 Å². The number of aliphatic hydroxyl groups excluding tert-OH is 1. The van der Waals surface area contributed by atoms with Gasteiger partial charge in [0.05, 0.1) is 6.10 Å². The number of nitrogens with zero attached hydrogens (tertiary/aromatic N) is 2. The van der Waals surface area contributed by atoms with Gasteiger partial charge in [-0.25, -0.2) is 4.79 Å². The average Bonchev–Trinajstić information content (AvgIpc) is 2.53. The summed E-state index contributed by atoms with van der Waals surface area (Å²) in [6.07, 6.45) is 1.29. The molecular weight excluding hydrogens is 278 g/mol. The molecule has 122 valence electrons. The number of likely N-dealkylation sites (tertiary alicyclic amines) is 1. The van der Waals surface area contributed by atoms with Crippen molar-refractivity contribution in [1.82, 2.24) is 15.1 Å². The number of piperidine rings is 1. The number of aliphatic hydroxyl groups is 1. The third-order valence-electron chi connectivity index (χ3n) is 4.26. The first-order chi connectivity index (χ1) is 10.6. The molecule has 1 fully saturated rings. The van der Waals surface area contributed by atoms with Crippen LogP contribution in [0.1, 0.15) is 25.3 Å². The van der Waals surface area contributed by atoms with Gasteiger partial charge >= 0.3 is 6.03 Å². The maximum absolute atomic E-state index is 12.1. The van der Waals surface area contributed by atoms with Gasteiger partial charge in [0.2, 0.25) is 0 Å². The van der Waals surface area contributed by atoms with Gasteiger partial charge in [0.1, 0.15) is 0 Å². The SMILES string of the molecule is CC(CNC(=O)N1CCCC(O)C1)N(C)Cc1ccccc1. The summed E-state index contributed by atoms with van der Waals surface area (Å²) >= 11 is 0. The lowest BCUT2D eigenvalue weighted by molar-refractivity contribution is 0.0835. The molecule has 0 bridgehead atoms. The van der Waals surface area contributed by atoms with Crippen LogP contribution in [0, 0.1) is 0 Å². The summed E-state index contributed by atoms with van der Waals surface area (Å²) in [4.78, 5) is 16.0. The highest BCUT2D eigenvalue weighted by Crippen LogP contribution is 2.10. The minimum Gasteiger partial charge on any atom is -0.391 e. The topological polar surface area (TPSA) is 55.8 Å². The third-order valence-corrected chi connectivity index (χ3v) is 4.26. The Labute approximate surface area is 132 Å². The zero-order valence-electron chi connectivity index (χ0n) is 13.5. The molecule has 0 aromatic heterocycles. The fourth-order valence-electron chi connectivity index (χ4n) is 2.67. The molecule has 5 heteroatoms. The van der Waals surface area contributed by atoms with Gasteiger partial charge in [-0.2, -0.15) is 0 Å². The largest absolute Gasteiger partial charge is 0.391 e. The van der Waals surface area contributed by atoms with Crippen molar-refractivity contribution in [2.75, 3.05) is 26.7 Å². The van der Waals surface area contributed by atoms with E-state index in [4.69, 9.17) is 0 Å². The van der Waals surface area contributed by atoms with E-state index >= 15 is 0 Å². The van der Waals surface area contributed by atoms with Crippen LogP contribution in [0.2, 0.25) is 0 Å². The average molecular weight is 305 g/mol. The minimum absolute atomic E-state index is 0.0706. The molecule has 2 amide bonds. The number of β-amino-alcohol motifs (C(OH)–C–C–N with tert-alkyl or cyclic N) is 1. The first-order valence-electron chi connectivity index (χ1n) is 8.01. The van der Waals surface area contributed by atoms with Crippen LogP contribution >= 0.6 is 0 Å². The van der Waals surface area contributed by atoms with Gasteiger partial charge in [0.25, 0.3) is 0 Å². The number of amides is 2. The lowest BCUT2D eigenvalue weighted by Gasteiger charge is -2.31. The van der Waals surface area contributed by atoms with Crippen LogP contribution in [0.3, 0.4) is 0 Å². The molecule has 1 saturated heterocycles. The molecule has 0 aliphatic carbocycles. The molecule has 2 N–H and O–H groups in total. The Kier molecular flexibility index (Phi) is 6.21. The molecule has 2 unspecified atom stereocenters. The van der Waals surface area contributed by atoms with Crippen LogP contribution in [0.25, 0.3) is 0 Å². The van der Waals surface area contributed by atoms with Crippen molar-refractivity contribution in [3.63, 3.8) is 0 Å². The molecule has 5 nitrogen and oxygen atoms in total. The van der Waals surface area contributed by atoms with Crippen molar-refractivity contribution in [2.24, 2.45) is 0 Å². The van der Waals surface area contributed by atoms with Gasteiger partial charge in [-0.1, -0.05) is 30.3 Å². The van der Waals surface area contributed by atoms with Crippen LogP contribution in [0.5, 0.6) is 0 Å². The van der Waals surface area contributed by atoms with Crippen molar-refractivity contribution < 1.29 is 9.90 Å². The van der Waals surface area contributed by atoms with E-state index < -0.39 is 0 Å². The van der Waals surface area contributed by atoms with Crippen molar-refractivity contribution in [3.8, 4) is 0 Å². The molecule has 0 radical (unpaired) electrons. The second kappa shape index (κ2) is 8.15. The van der Waals surface area contributed by atoms with Crippen molar-refractivity contribution >= 4 is 6.03 Å². The Bertz CT molecular complexity index is 466. The van der Waals surface area contributed by atoms with Gasteiger partial charge in [-0.3, -0.25) is 4.90 Å². The summed E-state index contributed by atoms with van der Waals surface area (Å²) < 4.78 is 0. The van der Waals surface area contributed by atoms with Crippen LogP contribution in [-0.2, 0) is 6.54 Å². The monoisotopic (exact) mass is 305 g/mol. The summed E-state index contributed by atoms with van der Waals surface area (Å²) in [6.45, 7) is 4.75. The fraction of sp³-hybridized carbons (Fsp3) is 0.588. The highest BCUT2D eigenvalue weighted by Gasteiger charge is 2.22. The van der Waals surface area contributed by atoms with Gasteiger partial charge in [-0.15, -0.1) is 0 Å². The number of carbonyl (C=O) groups excluding carboxylic acids is 1. The Morgan fingerprint density at radius 2 is 2.18 bits per heavy atom. The Balaban J connectivity index is 1.74. The van der Waals surface area contributed by atoms with Crippen molar-refractivity contribution in [3.05, 3.63) is 35.9 Å². The molecule has 1 heterocycles. The quantitative estimate of drug-likeness (QED) is 0.870. The van der Waals surface area contributed by atoms with E-state index in [1.165, 1.54) is 5.56 Å².